The molecule has 0 fully saturated rings. The number of rotatable bonds is 5. The molecule has 0 saturated heterocycles. The Kier molecular flexibility index (Phi) is 4.42. The number of thiophene rings is 1. The standard InChI is InChI=1S/C17H17N3O3S/c1-17(2,12-3-4-13-14(7-12)23-10-22-13)19-9-15(21)20-16-11(8-18)5-6-24-16/h3-7,19H,9-10H2,1-2H3,(H,20,21). The van der Waals surface area contributed by atoms with Crippen molar-refractivity contribution in [2.45, 2.75) is 19.4 Å². The van der Waals surface area contributed by atoms with Crippen molar-refractivity contribution in [2.24, 2.45) is 0 Å². The highest BCUT2D eigenvalue weighted by molar-refractivity contribution is 7.14. The van der Waals surface area contributed by atoms with Crippen LogP contribution < -0.4 is 20.1 Å². The van der Waals surface area contributed by atoms with Gasteiger partial charge in [-0.2, -0.15) is 5.26 Å². The van der Waals surface area contributed by atoms with Gasteiger partial charge >= 0.3 is 0 Å². The Hall–Kier alpha value is -2.56. The number of benzene rings is 1. The maximum atomic E-state index is 12.1. The molecule has 7 heteroatoms. The van der Waals surface area contributed by atoms with E-state index in [1.54, 1.807) is 11.4 Å². The Morgan fingerprint density at radius 2 is 2.12 bits per heavy atom. The van der Waals surface area contributed by atoms with Gasteiger partial charge in [0.25, 0.3) is 0 Å². The van der Waals surface area contributed by atoms with Gasteiger partial charge in [-0.1, -0.05) is 6.07 Å². The summed E-state index contributed by atoms with van der Waals surface area (Å²) in [5.41, 5.74) is 1.04. The number of nitrogens with zero attached hydrogens (tertiary/aromatic N) is 1. The molecule has 2 N–H and O–H groups in total. The number of carbonyl (C=O) groups is 1. The zero-order valence-electron chi connectivity index (χ0n) is 13.4. The highest BCUT2D eigenvalue weighted by Crippen LogP contribution is 2.35. The predicted molar refractivity (Wildman–Crippen MR) is 91.3 cm³/mol. The van der Waals surface area contributed by atoms with Crippen LogP contribution in [0.15, 0.2) is 29.6 Å². The number of nitrogens with one attached hydrogen (secondary N) is 2. The lowest BCUT2D eigenvalue weighted by Crippen LogP contribution is -2.41. The van der Waals surface area contributed by atoms with E-state index in [-0.39, 0.29) is 19.2 Å². The molecule has 6 nitrogen and oxygen atoms in total. The van der Waals surface area contributed by atoms with E-state index < -0.39 is 5.54 Å². The SMILES string of the molecule is CC(C)(NCC(=O)Nc1sccc1C#N)c1ccc2c(c1)OCO2. The lowest BCUT2D eigenvalue weighted by Gasteiger charge is -2.27. The summed E-state index contributed by atoms with van der Waals surface area (Å²) in [4.78, 5) is 12.1. The fraction of sp³-hybridized carbons (Fsp3) is 0.294. The van der Waals surface area contributed by atoms with Crippen LogP contribution in [-0.2, 0) is 10.3 Å². The van der Waals surface area contributed by atoms with Gasteiger partial charge in [-0.05, 0) is 43.0 Å². The zero-order chi connectivity index (χ0) is 17.2. The number of amides is 1. The van der Waals surface area contributed by atoms with Gasteiger partial charge in [-0.25, -0.2) is 0 Å². The maximum Gasteiger partial charge on any atom is 0.238 e. The molecule has 1 aliphatic rings. The van der Waals surface area contributed by atoms with Crippen molar-refractivity contribution in [1.82, 2.24) is 5.32 Å². The maximum absolute atomic E-state index is 12.1. The number of ether oxygens (including phenoxy) is 2. The van der Waals surface area contributed by atoms with Gasteiger partial charge < -0.3 is 14.8 Å². The first-order valence-electron chi connectivity index (χ1n) is 7.42. The number of anilines is 1. The number of hydrogen-bond acceptors (Lipinski definition) is 6. The van der Waals surface area contributed by atoms with Crippen molar-refractivity contribution in [3.8, 4) is 17.6 Å². The van der Waals surface area contributed by atoms with Crippen molar-refractivity contribution in [1.29, 1.82) is 5.26 Å². The topological polar surface area (TPSA) is 83.4 Å². The van der Waals surface area contributed by atoms with E-state index in [0.717, 1.165) is 11.3 Å². The molecule has 124 valence electrons. The molecule has 1 aromatic heterocycles. The monoisotopic (exact) mass is 343 g/mol. The molecule has 0 unspecified atom stereocenters. The highest BCUT2D eigenvalue weighted by Gasteiger charge is 2.24. The first kappa shape index (κ1) is 16.3. The van der Waals surface area contributed by atoms with E-state index in [4.69, 9.17) is 14.7 Å². The van der Waals surface area contributed by atoms with Crippen molar-refractivity contribution in [3.05, 3.63) is 40.8 Å². The van der Waals surface area contributed by atoms with Crippen molar-refractivity contribution in [3.63, 3.8) is 0 Å². The first-order valence-corrected chi connectivity index (χ1v) is 8.30. The van der Waals surface area contributed by atoms with Gasteiger partial charge in [0.05, 0.1) is 12.1 Å². The van der Waals surface area contributed by atoms with Crippen LogP contribution in [0.1, 0.15) is 25.0 Å². The van der Waals surface area contributed by atoms with E-state index >= 15 is 0 Å². The minimum atomic E-state index is -0.425. The van der Waals surface area contributed by atoms with Crippen molar-refractivity contribution < 1.29 is 14.3 Å². The van der Waals surface area contributed by atoms with Crippen LogP contribution in [0.4, 0.5) is 5.00 Å². The largest absolute Gasteiger partial charge is 0.454 e. The van der Waals surface area contributed by atoms with E-state index in [1.165, 1.54) is 11.3 Å². The van der Waals surface area contributed by atoms with Crippen LogP contribution >= 0.6 is 11.3 Å². The third-order valence-electron chi connectivity index (χ3n) is 3.82. The molecule has 1 aromatic carbocycles. The summed E-state index contributed by atoms with van der Waals surface area (Å²) in [5, 5.41) is 17.3. The van der Waals surface area contributed by atoms with Crippen molar-refractivity contribution >= 4 is 22.2 Å². The molecule has 0 bridgehead atoms. The van der Waals surface area contributed by atoms with Crippen LogP contribution in [0, 0.1) is 11.3 Å². The van der Waals surface area contributed by atoms with E-state index in [0.29, 0.717) is 16.3 Å². The molecule has 2 heterocycles. The van der Waals surface area contributed by atoms with Gasteiger partial charge in [0.1, 0.15) is 11.1 Å². The van der Waals surface area contributed by atoms with Gasteiger partial charge in [0.2, 0.25) is 12.7 Å². The Balaban J connectivity index is 1.62. The normalized spacial score (nSPS) is 12.7. The lowest BCUT2D eigenvalue weighted by molar-refractivity contribution is -0.115. The number of fused-ring (bicyclic) bond motifs is 1. The molecule has 1 amide bonds. The highest BCUT2D eigenvalue weighted by atomic mass is 32.1. The van der Waals surface area contributed by atoms with Crippen LogP contribution in [0.25, 0.3) is 0 Å². The average Bonchev–Trinajstić information content (AvgIpc) is 3.20. The Morgan fingerprint density at radius 3 is 2.92 bits per heavy atom. The smallest absolute Gasteiger partial charge is 0.238 e. The quantitative estimate of drug-likeness (QED) is 0.872. The Bertz CT molecular complexity index is 808. The molecule has 1 aliphatic heterocycles. The van der Waals surface area contributed by atoms with Crippen LogP contribution in [0.5, 0.6) is 11.5 Å². The summed E-state index contributed by atoms with van der Waals surface area (Å²) in [6, 6.07) is 9.47. The molecule has 0 atom stereocenters. The molecular weight excluding hydrogens is 326 g/mol. The molecule has 3 rings (SSSR count). The van der Waals surface area contributed by atoms with Gasteiger partial charge in [0, 0.05) is 5.54 Å². The fourth-order valence-corrected chi connectivity index (χ4v) is 3.11. The fourth-order valence-electron chi connectivity index (χ4n) is 2.35. The first-order chi connectivity index (χ1) is 11.5. The summed E-state index contributed by atoms with van der Waals surface area (Å²) in [5.74, 6) is 1.25. The van der Waals surface area contributed by atoms with Gasteiger partial charge in [-0.3, -0.25) is 10.1 Å². The summed E-state index contributed by atoms with van der Waals surface area (Å²) >= 11 is 1.33. The van der Waals surface area contributed by atoms with Crippen molar-refractivity contribution in [2.75, 3.05) is 18.7 Å². The number of hydrogen-bond donors (Lipinski definition) is 2. The number of nitriles is 1. The van der Waals surface area contributed by atoms with Crippen LogP contribution in [0.2, 0.25) is 0 Å². The lowest BCUT2D eigenvalue weighted by atomic mass is 9.94. The summed E-state index contributed by atoms with van der Waals surface area (Å²) in [7, 11) is 0. The van der Waals surface area contributed by atoms with E-state index in [1.807, 2.05) is 32.0 Å². The minimum Gasteiger partial charge on any atom is -0.454 e. The third-order valence-corrected chi connectivity index (χ3v) is 4.65. The minimum absolute atomic E-state index is 0.129. The molecule has 0 radical (unpaired) electrons. The second-order valence-electron chi connectivity index (χ2n) is 5.87. The van der Waals surface area contributed by atoms with Gasteiger partial charge in [0.15, 0.2) is 11.5 Å². The van der Waals surface area contributed by atoms with Gasteiger partial charge in [-0.15, -0.1) is 11.3 Å². The summed E-state index contributed by atoms with van der Waals surface area (Å²) < 4.78 is 10.7. The molecule has 0 saturated carbocycles. The summed E-state index contributed by atoms with van der Waals surface area (Å²) in [6.45, 7) is 4.34. The summed E-state index contributed by atoms with van der Waals surface area (Å²) in [6.07, 6.45) is 0. The van der Waals surface area contributed by atoms with Crippen LogP contribution in [0.3, 0.4) is 0 Å². The molecule has 2 aromatic rings. The predicted octanol–water partition coefficient (Wildman–Crippen LogP) is 2.81. The molecule has 0 spiro atoms. The second-order valence-corrected chi connectivity index (χ2v) is 6.79. The van der Waals surface area contributed by atoms with E-state index in [2.05, 4.69) is 16.7 Å². The van der Waals surface area contributed by atoms with E-state index in [9.17, 15) is 4.79 Å². The average molecular weight is 343 g/mol. The molecule has 0 aliphatic carbocycles. The zero-order valence-corrected chi connectivity index (χ0v) is 14.2. The number of carbonyl (C=O) groups excluding carboxylic acids is 1. The molecule has 24 heavy (non-hydrogen) atoms. The Labute approximate surface area is 144 Å². The Morgan fingerprint density at radius 1 is 1.33 bits per heavy atom. The second kappa shape index (κ2) is 6.51. The molecular formula is C17H17N3O3S. The van der Waals surface area contributed by atoms with Crippen LogP contribution in [-0.4, -0.2) is 19.2 Å². The third kappa shape index (κ3) is 3.35.